The Kier molecular flexibility index (Phi) is 8.14. The van der Waals surface area contributed by atoms with Crippen LogP contribution in [-0.2, 0) is 0 Å². The minimum atomic E-state index is -0.174. The van der Waals surface area contributed by atoms with Crippen LogP contribution in [0.2, 0.25) is 0 Å². The molecule has 1 saturated carbocycles. The molecule has 1 aromatic carbocycles. The lowest BCUT2D eigenvalue weighted by Crippen LogP contribution is -2.25. The molecule has 0 bridgehead atoms. The molecular weight excluding hydrogens is 324 g/mol. The first-order valence-corrected chi connectivity index (χ1v) is 9.67. The number of hydrogen-bond acceptors (Lipinski definition) is 4. The van der Waals surface area contributed by atoms with E-state index < -0.39 is 0 Å². The van der Waals surface area contributed by atoms with Crippen molar-refractivity contribution < 1.29 is 4.79 Å². The van der Waals surface area contributed by atoms with Crippen LogP contribution in [0.3, 0.4) is 0 Å². The predicted molar refractivity (Wildman–Crippen MR) is 106 cm³/mol. The normalized spacial score (nSPS) is 16.0. The molecule has 26 heavy (non-hydrogen) atoms. The first-order chi connectivity index (χ1) is 12.6. The zero-order valence-corrected chi connectivity index (χ0v) is 15.8. The highest BCUT2D eigenvalue weighted by molar-refractivity contribution is 6.00. The maximum Gasteiger partial charge on any atom is 0.251 e. The third-order valence-corrected chi connectivity index (χ3v) is 5.12. The Morgan fingerprint density at radius 2 is 2.00 bits per heavy atom. The predicted octanol–water partition coefficient (Wildman–Crippen LogP) is 4.00. The van der Waals surface area contributed by atoms with Crippen molar-refractivity contribution in [1.82, 2.24) is 5.32 Å². The van der Waals surface area contributed by atoms with Crippen LogP contribution in [0.25, 0.3) is 0 Å². The molecule has 0 aromatic heterocycles. The van der Waals surface area contributed by atoms with Gasteiger partial charge in [0, 0.05) is 36.1 Å². The van der Waals surface area contributed by atoms with E-state index in [9.17, 15) is 4.79 Å². The van der Waals surface area contributed by atoms with Gasteiger partial charge in [0.05, 0.1) is 12.5 Å². The number of nitrogen functional groups attached to an aromatic ring is 1. The van der Waals surface area contributed by atoms with Gasteiger partial charge in [-0.15, -0.1) is 0 Å². The van der Waals surface area contributed by atoms with Crippen molar-refractivity contribution in [3.05, 3.63) is 28.8 Å². The second-order valence-electron chi connectivity index (χ2n) is 7.11. The summed E-state index contributed by atoms with van der Waals surface area (Å²) in [4.78, 5) is 16.9. The molecule has 0 aliphatic heterocycles. The Labute approximate surface area is 156 Å². The summed E-state index contributed by atoms with van der Waals surface area (Å²) in [5, 5.41) is 11.3. The number of carbonyl (C=O) groups is 1. The van der Waals surface area contributed by atoms with Gasteiger partial charge in [-0.05, 0) is 43.4 Å². The van der Waals surface area contributed by atoms with Crippen LogP contribution in [0, 0.1) is 24.2 Å². The Morgan fingerprint density at radius 1 is 1.31 bits per heavy atom. The molecule has 1 fully saturated rings. The number of carbonyl (C=O) groups excluding carboxylic acids is 1. The molecule has 140 valence electrons. The fourth-order valence-corrected chi connectivity index (χ4v) is 3.51. The van der Waals surface area contributed by atoms with Crippen molar-refractivity contribution in [1.29, 1.82) is 5.26 Å². The van der Waals surface area contributed by atoms with Gasteiger partial charge in [0.1, 0.15) is 0 Å². The Bertz CT molecular complexity index is 667. The van der Waals surface area contributed by atoms with Crippen molar-refractivity contribution >= 4 is 17.8 Å². The molecule has 5 nitrogen and oxygen atoms in total. The van der Waals surface area contributed by atoms with Gasteiger partial charge in [0.15, 0.2) is 0 Å². The summed E-state index contributed by atoms with van der Waals surface area (Å²) in [6.07, 6.45) is 11.3. The second-order valence-corrected chi connectivity index (χ2v) is 7.11. The molecule has 2 rings (SSSR count). The molecule has 0 heterocycles. The molecule has 1 aromatic rings. The van der Waals surface area contributed by atoms with E-state index in [0.717, 1.165) is 17.7 Å². The van der Waals surface area contributed by atoms with Crippen LogP contribution in [0.15, 0.2) is 17.1 Å². The highest BCUT2D eigenvalue weighted by atomic mass is 16.1. The molecule has 5 heteroatoms. The zero-order chi connectivity index (χ0) is 18.8. The van der Waals surface area contributed by atoms with Crippen LogP contribution in [0.1, 0.15) is 72.9 Å². The number of hydrogen-bond donors (Lipinski definition) is 2. The van der Waals surface area contributed by atoms with Crippen molar-refractivity contribution in [2.45, 2.75) is 58.3 Å². The summed E-state index contributed by atoms with van der Waals surface area (Å²) in [5.41, 5.74) is 8.99. The lowest BCUT2D eigenvalue weighted by molar-refractivity contribution is 0.0954. The van der Waals surface area contributed by atoms with Crippen LogP contribution in [0.4, 0.5) is 5.69 Å². The fraction of sp³-hybridized carbons (Fsp3) is 0.571. The lowest BCUT2D eigenvalue weighted by atomic mass is 9.91. The molecule has 1 aliphatic rings. The highest BCUT2D eigenvalue weighted by Crippen LogP contribution is 2.23. The number of nitrogens with one attached hydrogen (secondary N) is 1. The van der Waals surface area contributed by atoms with E-state index in [0.29, 0.717) is 30.1 Å². The average Bonchev–Trinajstić information content (AvgIpc) is 2.59. The maximum atomic E-state index is 12.3. The highest BCUT2D eigenvalue weighted by Gasteiger charge is 2.14. The van der Waals surface area contributed by atoms with E-state index >= 15 is 0 Å². The molecule has 0 radical (unpaired) electrons. The van der Waals surface area contributed by atoms with E-state index in [4.69, 9.17) is 11.0 Å². The summed E-state index contributed by atoms with van der Waals surface area (Å²) in [6.45, 7) is 3.08. The third kappa shape index (κ3) is 5.87. The van der Waals surface area contributed by atoms with Crippen molar-refractivity contribution in [2.75, 3.05) is 18.8 Å². The molecule has 0 atom stereocenters. The number of benzene rings is 1. The van der Waals surface area contributed by atoms with E-state index in [-0.39, 0.29) is 5.91 Å². The summed E-state index contributed by atoms with van der Waals surface area (Å²) >= 11 is 0. The SMILES string of the molecule is Cc1c(C(=O)NCCC#N)ccc(N)c1C=NCC1CCCCCCC1. The first-order valence-electron chi connectivity index (χ1n) is 9.67. The summed E-state index contributed by atoms with van der Waals surface area (Å²) in [5.74, 6) is 0.484. The molecule has 0 saturated heterocycles. The average molecular weight is 354 g/mol. The zero-order valence-electron chi connectivity index (χ0n) is 15.8. The lowest BCUT2D eigenvalue weighted by Gasteiger charge is -2.17. The number of nitriles is 1. The number of anilines is 1. The first kappa shape index (κ1) is 20.0. The molecule has 0 spiro atoms. The van der Waals surface area contributed by atoms with Gasteiger partial charge >= 0.3 is 0 Å². The third-order valence-electron chi connectivity index (χ3n) is 5.12. The number of aliphatic imine (C=N–C) groups is 1. The molecule has 1 aliphatic carbocycles. The quantitative estimate of drug-likeness (QED) is 0.459. The van der Waals surface area contributed by atoms with Gasteiger partial charge in [-0.2, -0.15) is 5.26 Å². The van der Waals surface area contributed by atoms with Crippen LogP contribution < -0.4 is 11.1 Å². The van der Waals surface area contributed by atoms with Crippen LogP contribution in [0.5, 0.6) is 0 Å². The van der Waals surface area contributed by atoms with Crippen LogP contribution >= 0.6 is 0 Å². The molecular formula is C21H30N4O. The number of amides is 1. The standard InChI is InChI=1S/C21H30N4O/c1-16-18(21(26)25-13-7-12-22)10-11-20(23)19(16)15-24-14-17-8-5-3-2-4-6-9-17/h10-11,15,17H,2-9,13-14,23H2,1H3,(H,25,26). The van der Waals surface area contributed by atoms with Crippen molar-refractivity contribution in [3.8, 4) is 6.07 Å². The summed E-state index contributed by atoms with van der Waals surface area (Å²) in [7, 11) is 0. The number of rotatable bonds is 6. The Hall–Kier alpha value is -2.35. The summed E-state index contributed by atoms with van der Waals surface area (Å²) < 4.78 is 0. The molecule has 0 unspecified atom stereocenters. The van der Waals surface area contributed by atoms with Gasteiger partial charge in [0.25, 0.3) is 5.91 Å². The number of nitrogens with zero attached hydrogens (tertiary/aromatic N) is 2. The van der Waals surface area contributed by atoms with Gasteiger partial charge in [-0.3, -0.25) is 9.79 Å². The van der Waals surface area contributed by atoms with E-state index in [1.54, 1.807) is 12.1 Å². The van der Waals surface area contributed by atoms with Crippen molar-refractivity contribution in [2.24, 2.45) is 10.9 Å². The van der Waals surface area contributed by atoms with Gasteiger partial charge in [-0.25, -0.2) is 0 Å². The number of nitrogens with two attached hydrogens (primary N) is 1. The monoisotopic (exact) mass is 354 g/mol. The maximum absolute atomic E-state index is 12.3. The van der Waals surface area contributed by atoms with Gasteiger partial charge in [0.2, 0.25) is 0 Å². The van der Waals surface area contributed by atoms with E-state index in [1.165, 1.54) is 44.9 Å². The van der Waals surface area contributed by atoms with Gasteiger partial charge < -0.3 is 11.1 Å². The van der Waals surface area contributed by atoms with Crippen LogP contribution in [-0.4, -0.2) is 25.2 Å². The van der Waals surface area contributed by atoms with E-state index in [1.807, 2.05) is 19.2 Å². The Morgan fingerprint density at radius 3 is 2.69 bits per heavy atom. The topological polar surface area (TPSA) is 91.3 Å². The summed E-state index contributed by atoms with van der Waals surface area (Å²) in [6, 6.07) is 5.51. The smallest absolute Gasteiger partial charge is 0.251 e. The minimum absolute atomic E-state index is 0.174. The molecule has 3 N–H and O–H groups in total. The largest absolute Gasteiger partial charge is 0.398 e. The van der Waals surface area contributed by atoms with E-state index in [2.05, 4.69) is 10.3 Å². The molecule has 1 amide bonds. The van der Waals surface area contributed by atoms with Crippen molar-refractivity contribution in [3.63, 3.8) is 0 Å². The van der Waals surface area contributed by atoms with Gasteiger partial charge in [-0.1, -0.05) is 32.1 Å². The Balaban J connectivity index is 2.04. The minimum Gasteiger partial charge on any atom is -0.398 e. The second kappa shape index (κ2) is 10.6. The fourth-order valence-electron chi connectivity index (χ4n) is 3.51.